The molecule has 4 aromatic rings. The molecule has 2 aromatic carbocycles. The van der Waals surface area contributed by atoms with Crippen LogP contribution in [0.25, 0.3) is 21.6 Å². The number of rotatable bonds is 6. The Balaban J connectivity index is 1.34. The molecule has 126 valence electrons. The van der Waals surface area contributed by atoms with Gasteiger partial charge in [-0.05, 0) is 24.6 Å². The third kappa shape index (κ3) is 3.45. The van der Waals surface area contributed by atoms with Crippen LogP contribution >= 0.6 is 11.3 Å². The Bertz CT molecular complexity index is 988. The molecule has 0 aliphatic rings. The molecule has 25 heavy (non-hydrogen) atoms. The van der Waals surface area contributed by atoms with Gasteiger partial charge < -0.3 is 5.32 Å². The van der Waals surface area contributed by atoms with Gasteiger partial charge in [0.15, 0.2) is 0 Å². The van der Waals surface area contributed by atoms with E-state index in [1.807, 2.05) is 35.1 Å². The van der Waals surface area contributed by atoms with Crippen molar-refractivity contribution in [2.45, 2.75) is 20.0 Å². The van der Waals surface area contributed by atoms with Gasteiger partial charge in [0, 0.05) is 29.7 Å². The minimum absolute atomic E-state index is 0.796. The lowest BCUT2D eigenvalue weighted by Crippen LogP contribution is -2.19. The molecule has 4 rings (SSSR count). The SMILES string of the molecule is Cc1ccccc1-c1ncc(CNCCn2nnc3ccccc32)s1. The Morgan fingerprint density at radius 1 is 1.08 bits per heavy atom. The number of para-hydroxylation sites is 1. The number of thiazole rings is 1. The van der Waals surface area contributed by atoms with Crippen LogP contribution in [0.2, 0.25) is 0 Å². The van der Waals surface area contributed by atoms with Crippen LogP contribution in [0.4, 0.5) is 0 Å². The number of fused-ring (bicyclic) bond motifs is 1. The zero-order valence-electron chi connectivity index (χ0n) is 14.0. The highest BCUT2D eigenvalue weighted by Crippen LogP contribution is 2.27. The van der Waals surface area contributed by atoms with Gasteiger partial charge in [-0.3, -0.25) is 0 Å². The first kappa shape index (κ1) is 15.9. The van der Waals surface area contributed by atoms with Crippen LogP contribution in [0.15, 0.2) is 54.7 Å². The Kier molecular flexibility index (Phi) is 4.54. The predicted molar refractivity (Wildman–Crippen MR) is 102 cm³/mol. The van der Waals surface area contributed by atoms with Crippen molar-refractivity contribution in [2.24, 2.45) is 0 Å². The van der Waals surface area contributed by atoms with Gasteiger partial charge in [-0.2, -0.15) is 0 Å². The van der Waals surface area contributed by atoms with Crippen LogP contribution in [0.5, 0.6) is 0 Å². The largest absolute Gasteiger partial charge is 0.310 e. The second kappa shape index (κ2) is 7.13. The molecule has 5 nitrogen and oxygen atoms in total. The van der Waals surface area contributed by atoms with E-state index in [1.165, 1.54) is 16.0 Å². The highest BCUT2D eigenvalue weighted by Gasteiger charge is 2.07. The van der Waals surface area contributed by atoms with Crippen LogP contribution in [0, 0.1) is 6.92 Å². The lowest BCUT2D eigenvalue weighted by molar-refractivity contribution is 0.554. The quantitative estimate of drug-likeness (QED) is 0.540. The Labute approximate surface area is 150 Å². The van der Waals surface area contributed by atoms with Crippen LogP contribution in [-0.2, 0) is 13.1 Å². The van der Waals surface area contributed by atoms with Gasteiger partial charge in [-0.15, -0.1) is 16.4 Å². The molecule has 0 saturated carbocycles. The van der Waals surface area contributed by atoms with Gasteiger partial charge in [-0.25, -0.2) is 9.67 Å². The maximum atomic E-state index is 4.57. The second-order valence-corrected chi connectivity index (χ2v) is 7.04. The number of nitrogens with zero attached hydrogens (tertiary/aromatic N) is 4. The van der Waals surface area contributed by atoms with Crippen molar-refractivity contribution in [2.75, 3.05) is 6.54 Å². The zero-order chi connectivity index (χ0) is 17.1. The minimum atomic E-state index is 0.796. The number of benzene rings is 2. The summed E-state index contributed by atoms with van der Waals surface area (Å²) in [6, 6.07) is 16.4. The predicted octanol–water partition coefficient (Wildman–Crippen LogP) is 3.65. The maximum absolute atomic E-state index is 4.57. The lowest BCUT2D eigenvalue weighted by atomic mass is 10.1. The van der Waals surface area contributed by atoms with E-state index in [0.717, 1.165) is 35.7 Å². The summed E-state index contributed by atoms with van der Waals surface area (Å²) in [5, 5.41) is 12.9. The second-order valence-electron chi connectivity index (χ2n) is 5.92. The molecule has 1 N–H and O–H groups in total. The first-order valence-electron chi connectivity index (χ1n) is 8.31. The molecule has 0 spiro atoms. The van der Waals surface area contributed by atoms with Gasteiger partial charge in [0.1, 0.15) is 10.5 Å². The zero-order valence-corrected chi connectivity index (χ0v) is 14.8. The standard InChI is InChI=1S/C19H19N5S/c1-14-6-2-3-7-16(14)19-21-13-15(25-19)12-20-10-11-24-18-9-5-4-8-17(18)22-23-24/h2-9,13,20H,10-12H2,1H3. The first-order chi connectivity index (χ1) is 12.3. The number of hydrogen-bond acceptors (Lipinski definition) is 5. The van der Waals surface area contributed by atoms with Crippen LogP contribution < -0.4 is 5.32 Å². The van der Waals surface area contributed by atoms with Gasteiger partial charge in [0.05, 0.1) is 12.1 Å². The molecule has 0 fully saturated rings. The van der Waals surface area contributed by atoms with Crippen molar-refractivity contribution in [1.29, 1.82) is 0 Å². The number of hydrogen-bond donors (Lipinski definition) is 1. The van der Waals surface area contributed by atoms with Crippen molar-refractivity contribution in [3.05, 3.63) is 65.2 Å². The normalized spacial score (nSPS) is 11.2. The van der Waals surface area contributed by atoms with Gasteiger partial charge in [0.2, 0.25) is 0 Å². The van der Waals surface area contributed by atoms with Crippen molar-refractivity contribution >= 4 is 22.4 Å². The number of aromatic nitrogens is 4. The highest BCUT2D eigenvalue weighted by molar-refractivity contribution is 7.15. The molecular weight excluding hydrogens is 330 g/mol. The fourth-order valence-corrected chi connectivity index (χ4v) is 3.78. The van der Waals surface area contributed by atoms with E-state index < -0.39 is 0 Å². The molecule has 0 aliphatic heterocycles. The molecule has 0 saturated heterocycles. The van der Waals surface area contributed by atoms with E-state index in [4.69, 9.17) is 0 Å². The summed E-state index contributed by atoms with van der Waals surface area (Å²) < 4.78 is 1.94. The van der Waals surface area contributed by atoms with E-state index in [9.17, 15) is 0 Å². The fourth-order valence-electron chi connectivity index (χ4n) is 2.81. The van der Waals surface area contributed by atoms with Crippen molar-refractivity contribution in [3.63, 3.8) is 0 Å². The summed E-state index contributed by atoms with van der Waals surface area (Å²) in [6.45, 7) is 4.57. The molecule has 0 radical (unpaired) electrons. The number of nitrogens with one attached hydrogen (secondary N) is 1. The summed E-state index contributed by atoms with van der Waals surface area (Å²) in [4.78, 5) is 5.81. The molecule has 2 aromatic heterocycles. The molecule has 0 aliphatic carbocycles. The molecule has 0 atom stereocenters. The van der Waals surface area contributed by atoms with Crippen molar-refractivity contribution < 1.29 is 0 Å². The van der Waals surface area contributed by atoms with Gasteiger partial charge in [0.25, 0.3) is 0 Å². The molecular formula is C19H19N5S. The minimum Gasteiger partial charge on any atom is -0.310 e. The van der Waals surface area contributed by atoms with Gasteiger partial charge in [-0.1, -0.05) is 41.6 Å². The van der Waals surface area contributed by atoms with E-state index in [1.54, 1.807) is 11.3 Å². The molecule has 2 heterocycles. The maximum Gasteiger partial charge on any atom is 0.123 e. The average Bonchev–Trinajstić information content (AvgIpc) is 3.26. The highest BCUT2D eigenvalue weighted by atomic mass is 32.1. The average molecular weight is 349 g/mol. The smallest absolute Gasteiger partial charge is 0.123 e. The van der Waals surface area contributed by atoms with Crippen LogP contribution in [-0.4, -0.2) is 26.5 Å². The summed E-state index contributed by atoms with van der Waals surface area (Å²) in [7, 11) is 0. The molecule has 0 amide bonds. The third-order valence-corrected chi connectivity index (χ3v) is 5.18. The van der Waals surface area contributed by atoms with Gasteiger partial charge >= 0.3 is 0 Å². The summed E-state index contributed by atoms with van der Waals surface area (Å²) in [5.41, 5.74) is 4.49. The molecule has 0 unspecified atom stereocenters. The summed E-state index contributed by atoms with van der Waals surface area (Å²) >= 11 is 1.74. The summed E-state index contributed by atoms with van der Waals surface area (Å²) in [6.07, 6.45) is 1.96. The van der Waals surface area contributed by atoms with E-state index in [0.29, 0.717) is 0 Å². The molecule has 6 heteroatoms. The van der Waals surface area contributed by atoms with Crippen molar-refractivity contribution in [3.8, 4) is 10.6 Å². The Hall–Kier alpha value is -2.57. The van der Waals surface area contributed by atoms with E-state index >= 15 is 0 Å². The van der Waals surface area contributed by atoms with E-state index in [-0.39, 0.29) is 0 Å². The monoisotopic (exact) mass is 349 g/mol. The number of aryl methyl sites for hydroxylation is 1. The van der Waals surface area contributed by atoms with Crippen LogP contribution in [0.3, 0.4) is 0 Å². The fraction of sp³-hybridized carbons (Fsp3) is 0.211. The molecule has 0 bridgehead atoms. The topological polar surface area (TPSA) is 55.6 Å². The lowest BCUT2D eigenvalue weighted by Gasteiger charge is -2.04. The van der Waals surface area contributed by atoms with E-state index in [2.05, 4.69) is 51.8 Å². The van der Waals surface area contributed by atoms with Crippen LogP contribution in [0.1, 0.15) is 10.4 Å². The first-order valence-corrected chi connectivity index (χ1v) is 9.12. The Morgan fingerprint density at radius 3 is 2.84 bits per heavy atom. The van der Waals surface area contributed by atoms with Crippen molar-refractivity contribution in [1.82, 2.24) is 25.3 Å². The summed E-state index contributed by atoms with van der Waals surface area (Å²) in [5.74, 6) is 0. The Morgan fingerprint density at radius 2 is 1.92 bits per heavy atom. The third-order valence-electron chi connectivity index (χ3n) is 4.15.